The highest BCUT2D eigenvalue weighted by Gasteiger charge is 2.50. The first kappa shape index (κ1) is 37.4. The van der Waals surface area contributed by atoms with Crippen molar-refractivity contribution in [2.45, 2.75) is 31.6 Å². The third-order valence-corrected chi connectivity index (χ3v) is 14.7. The molecule has 0 saturated carbocycles. The highest BCUT2D eigenvalue weighted by molar-refractivity contribution is 6.76. The summed E-state index contributed by atoms with van der Waals surface area (Å²) in [6.07, 6.45) is 0. The van der Waals surface area contributed by atoms with Gasteiger partial charge in [-0.3, -0.25) is 4.90 Å². The number of hydrogen-bond acceptors (Lipinski definition) is 4. The maximum atomic E-state index is 7.06. The Morgan fingerprint density at radius 2 is 1.11 bits per heavy atom. The molecule has 3 aliphatic rings. The second-order valence-corrected chi connectivity index (χ2v) is 19.2. The van der Waals surface area contributed by atoms with E-state index in [0.29, 0.717) is 7.28 Å². The zero-order chi connectivity index (χ0) is 43.9. The Morgan fingerprint density at radius 3 is 1.86 bits per heavy atom. The van der Waals surface area contributed by atoms with E-state index in [0.717, 1.165) is 78.2 Å². The highest BCUT2D eigenvalue weighted by Crippen LogP contribution is 2.62. The molecule has 14 rings (SSSR count). The first-order valence-electron chi connectivity index (χ1n) is 23.1. The number of benzene rings is 9. The quantitative estimate of drug-likeness (QED) is 0.180. The van der Waals surface area contributed by atoms with E-state index in [1.165, 1.54) is 55.4 Å². The fourth-order valence-corrected chi connectivity index (χ4v) is 11.8. The molecule has 0 bridgehead atoms. The number of nitrogens with zero attached hydrogens (tertiary/aromatic N) is 1. The predicted molar refractivity (Wildman–Crippen MR) is 275 cm³/mol. The number of furan rings is 2. The van der Waals surface area contributed by atoms with E-state index in [1.54, 1.807) is 0 Å². The van der Waals surface area contributed by atoms with Crippen molar-refractivity contribution >= 4 is 79.7 Å². The Labute approximate surface area is 384 Å². The van der Waals surface area contributed by atoms with E-state index >= 15 is 0 Å². The van der Waals surface area contributed by atoms with Gasteiger partial charge in [0.05, 0.1) is 16.8 Å². The molecule has 0 radical (unpaired) electrons. The molecule has 4 nitrogen and oxygen atoms in total. The third-order valence-electron chi connectivity index (χ3n) is 14.7. The van der Waals surface area contributed by atoms with Crippen LogP contribution in [0.2, 0.25) is 0 Å². The lowest BCUT2D eigenvalue weighted by molar-refractivity contribution is 0.590. The molecule has 2 aromatic heterocycles. The summed E-state index contributed by atoms with van der Waals surface area (Å²) < 4.78 is 14.1. The maximum absolute atomic E-state index is 7.06. The summed E-state index contributed by atoms with van der Waals surface area (Å²) in [5.74, 6) is 0.839. The first-order chi connectivity index (χ1) is 32.4. The molecule has 9 aromatic carbocycles. The molecule has 312 valence electrons. The zero-order valence-electron chi connectivity index (χ0n) is 36.9. The van der Waals surface area contributed by atoms with Gasteiger partial charge in [0.1, 0.15) is 16.7 Å². The van der Waals surface area contributed by atoms with Gasteiger partial charge in [0.25, 0.3) is 0 Å². The van der Waals surface area contributed by atoms with Crippen molar-refractivity contribution in [2.75, 3.05) is 10.2 Å². The van der Waals surface area contributed by atoms with Gasteiger partial charge in [-0.25, -0.2) is 0 Å². The second kappa shape index (κ2) is 13.5. The number of anilines is 5. The summed E-state index contributed by atoms with van der Waals surface area (Å²) in [7, 11) is 0.667. The minimum Gasteiger partial charge on any atom is -0.456 e. The standard InChI is InChI=1S/C61H43BN2O2/c1-60(2,3)37-32-33-49(43(34-37)36-18-5-4-6-19-36)64-50-35-53-54(40-22-9-15-30-51(40)65-53)55(57(50)62-56-41-23-10-16-31-52(41)66-59(56)64)42-24-17-28-47-58(42)63-48-29-14-13-27-46(48)61(47)44-25-11-7-20-38(44)39-21-8-12-26-45(39)61/h4-35,62-63H,1-3H3. The van der Waals surface area contributed by atoms with Crippen molar-refractivity contribution in [1.29, 1.82) is 0 Å². The van der Waals surface area contributed by atoms with Crippen LogP contribution in [0.15, 0.2) is 203 Å². The number of hydrogen-bond donors (Lipinski definition) is 1. The van der Waals surface area contributed by atoms with Crippen LogP contribution in [-0.4, -0.2) is 7.28 Å². The Morgan fingerprint density at radius 1 is 0.485 bits per heavy atom. The summed E-state index contributed by atoms with van der Waals surface area (Å²) in [4.78, 5) is 2.39. The molecule has 0 amide bonds. The van der Waals surface area contributed by atoms with Crippen LogP contribution < -0.4 is 21.1 Å². The van der Waals surface area contributed by atoms with Crippen LogP contribution in [-0.2, 0) is 10.8 Å². The molecule has 0 saturated heterocycles. The lowest BCUT2D eigenvalue weighted by Gasteiger charge is -2.41. The fourth-order valence-electron chi connectivity index (χ4n) is 11.8. The summed E-state index contributed by atoms with van der Waals surface area (Å²) in [6.45, 7) is 6.86. The largest absolute Gasteiger partial charge is 0.456 e. The monoisotopic (exact) mass is 846 g/mol. The second-order valence-electron chi connectivity index (χ2n) is 19.2. The van der Waals surface area contributed by atoms with Gasteiger partial charge in [-0.15, -0.1) is 0 Å². The molecule has 0 atom stereocenters. The van der Waals surface area contributed by atoms with Crippen LogP contribution in [0.25, 0.3) is 66.3 Å². The van der Waals surface area contributed by atoms with Gasteiger partial charge in [0, 0.05) is 44.7 Å². The molecule has 0 fully saturated rings. The van der Waals surface area contributed by atoms with Crippen LogP contribution in [0.5, 0.6) is 0 Å². The van der Waals surface area contributed by atoms with Gasteiger partial charge in [-0.1, -0.05) is 178 Å². The smallest absolute Gasteiger partial charge is 0.203 e. The molecule has 4 heterocycles. The van der Waals surface area contributed by atoms with Crippen molar-refractivity contribution in [1.82, 2.24) is 0 Å². The minimum absolute atomic E-state index is 0.0598. The van der Waals surface area contributed by atoms with Gasteiger partial charge in [0.15, 0.2) is 5.88 Å². The minimum atomic E-state index is -0.549. The molecular weight excluding hydrogens is 803 g/mol. The Bertz CT molecular complexity index is 3790. The Hall–Kier alpha value is -8.02. The molecule has 66 heavy (non-hydrogen) atoms. The topological polar surface area (TPSA) is 41.6 Å². The lowest BCUT2D eigenvalue weighted by atomic mass is 9.57. The zero-order valence-corrected chi connectivity index (χ0v) is 36.9. The van der Waals surface area contributed by atoms with E-state index in [4.69, 9.17) is 8.83 Å². The van der Waals surface area contributed by atoms with Crippen molar-refractivity contribution in [3.05, 3.63) is 222 Å². The molecule has 1 N–H and O–H groups in total. The molecule has 11 aromatic rings. The average Bonchev–Trinajstić information content (AvgIpc) is 4.01. The van der Waals surface area contributed by atoms with E-state index in [1.807, 2.05) is 0 Å². The molecule has 0 unspecified atom stereocenters. The van der Waals surface area contributed by atoms with Crippen molar-refractivity contribution in [3.63, 3.8) is 0 Å². The highest BCUT2D eigenvalue weighted by atomic mass is 16.4. The molecule has 1 spiro atoms. The van der Waals surface area contributed by atoms with Gasteiger partial charge >= 0.3 is 0 Å². The van der Waals surface area contributed by atoms with Crippen LogP contribution in [0.4, 0.5) is 28.6 Å². The Kier molecular flexibility index (Phi) is 7.65. The van der Waals surface area contributed by atoms with Crippen LogP contribution in [0.1, 0.15) is 48.6 Å². The molecule has 1 aliphatic carbocycles. The normalized spacial score (nSPS) is 14.0. The summed E-state index contributed by atoms with van der Waals surface area (Å²) >= 11 is 0. The number of para-hydroxylation sites is 4. The number of nitrogens with one attached hydrogen (secondary N) is 1. The van der Waals surface area contributed by atoms with E-state index < -0.39 is 5.41 Å². The molecular formula is C61H43BN2O2. The summed E-state index contributed by atoms with van der Waals surface area (Å²) in [5.41, 5.74) is 22.2. The van der Waals surface area contributed by atoms with Gasteiger partial charge in [-0.05, 0) is 96.7 Å². The molecule has 5 heteroatoms. The Balaban J connectivity index is 1.12. The predicted octanol–water partition coefficient (Wildman–Crippen LogP) is 14.6. The number of rotatable bonds is 3. The van der Waals surface area contributed by atoms with Gasteiger partial charge < -0.3 is 14.2 Å². The van der Waals surface area contributed by atoms with E-state index in [9.17, 15) is 0 Å². The van der Waals surface area contributed by atoms with Crippen LogP contribution in [0, 0.1) is 0 Å². The van der Waals surface area contributed by atoms with Crippen molar-refractivity contribution in [3.8, 4) is 33.4 Å². The SMILES string of the molecule is CC(C)(C)c1ccc(N2c3cc4oc5ccccc5c4c(-c4cccc5c4Nc4ccccc4C54c5ccccc5-c5ccccc54)c3Bc3c2oc2ccccc32)c(-c2ccccc2)c1. The average molecular weight is 847 g/mol. The fraction of sp³-hybridized carbons (Fsp3) is 0.0820. The third kappa shape index (κ3) is 5.00. The van der Waals surface area contributed by atoms with E-state index in [2.05, 4.69) is 225 Å². The van der Waals surface area contributed by atoms with Crippen molar-refractivity contribution in [2.24, 2.45) is 0 Å². The lowest BCUT2D eigenvalue weighted by Crippen LogP contribution is -2.40. The van der Waals surface area contributed by atoms with Gasteiger partial charge in [-0.2, -0.15) is 0 Å². The number of fused-ring (bicyclic) bond motifs is 16. The van der Waals surface area contributed by atoms with E-state index in [-0.39, 0.29) is 5.41 Å². The van der Waals surface area contributed by atoms with Crippen LogP contribution in [0.3, 0.4) is 0 Å². The summed E-state index contributed by atoms with van der Waals surface area (Å²) in [5, 5.41) is 7.44. The van der Waals surface area contributed by atoms with Crippen LogP contribution >= 0.6 is 0 Å². The maximum Gasteiger partial charge on any atom is 0.203 e. The first-order valence-corrected chi connectivity index (χ1v) is 23.1. The van der Waals surface area contributed by atoms with Crippen molar-refractivity contribution < 1.29 is 8.83 Å². The van der Waals surface area contributed by atoms with Gasteiger partial charge in [0.2, 0.25) is 7.28 Å². The summed E-state index contributed by atoms with van der Waals surface area (Å²) in [6, 6.07) is 71.0. The molecule has 2 aliphatic heterocycles.